The molecule has 1 saturated carbocycles. The van der Waals surface area contributed by atoms with Gasteiger partial charge in [-0.15, -0.1) is 0 Å². The standard InChI is InChI=1S/C18H21N3O3/c19-10-16-9-13(11-24-16)18(23)21-15-7-5-12(6-8-15)17(22)20-14-3-1-2-4-14/h5-9,11,14H,1-4,10,19H2,(H,20,22)(H,21,23). The zero-order valence-corrected chi connectivity index (χ0v) is 13.4. The van der Waals surface area contributed by atoms with E-state index in [4.69, 9.17) is 10.2 Å². The van der Waals surface area contributed by atoms with E-state index in [1.54, 1.807) is 30.3 Å². The minimum atomic E-state index is -0.276. The Bertz CT molecular complexity index is 715. The molecule has 0 aliphatic heterocycles. The van der Waals surface area contributed by atoms with Crippen LogP contribution in [0, 0.1) is 0 Å². The zero-order valence-electron chi connectivity index (χ0n) is 13.4. The summed E-state index contributed by atoms with van der Waals surface area (Å²) >= 11 is 0. The highest BCUT2D eigenvalue weighted by Crippen LogP contribution is 2.19. The van der Waals surface area contributed by atoms with E-state index in [9.17, 15) is 9.59 Å². The van der Waals surface area contributed by atoms with Crippen molar-refractivity contribution in [2.45, 2.75) is 38.3 Å². The van der Waals surface area contributed by atoms with Crippen molar-refractivity contribution in [3.63, 3.8) is 0 Å². The maximum absolute atomic E-state index is 12.2. The quantitative estimate of drug-likeness (QED) is 0.786. The van der Waals surface area contributed by atoms with Gasteiger partial charge >= 0.3 is 0 Å². The van der Waals surface area contributed by atoms with Crippen molar-refractivity contribution in [3.8, 4) is 0 Å². The monoisotopic (exact) mass is 327 g/mol. The van der Waals surface area contributed by atoms with Gasteiger partial charge < -0.3 is 20.8 Å². The Kier molecular flexibility index (Phi) is 4.96. The van der Waals surface area contributed by atoms with Gasteiger partial charge in [0.15, 0.2) is 0 Å². The van der Waals surface area contributed by atoms with Crippen molar-refractivity contribution in [3.05, 3.63) is 53.5 Å². The Morgan fingerprint density at radius 2 is 1.79 bits per heavy atom. The third kappa shape index (κ3) is 3.83. The molecule has 0 unspecified atom stereocenters. The normalized spacial score (nSPS) is 14.5. The highest BCUT2D eigenvalue weighted by atomic mass is 16.3. The molecule has 1 aromatic carbocycles. The van der Waals surface area contributed by atoms with Crippen LogP contribution in [0.5, 0.6) is 0 Å². The van der Waals surface area contributed by atoms with E-state index in [2.05, 4.69) is 10.6 Å². The van der Waals surface area contributed by atoms with Gasteiger partial charge in [0.05, 0.1) is 12.1 Å². The van der Waals surface area contributed by atoms with Gasteiger partial charge in [-0.1, -0.05) is 12.8 Å². The van der Waals surface area contributed by atoms with Gasteiger partial charge in [-0.05, 0) is 43.2 Å². The Morgan fingerprint density at radius 3 is 2.42 bits per heavy atom. The van der Waals surface area contributed by atoms with E-state index >= 15 is 0 Å². The molecule has 2 amide bonds. The van der Waals surface area contributed by atoms with Gasteiger partial charge in [0.2, 0.25) is 0 Å². The Labute approximate surface area is 140 Å². The van der Waals surface area contributed by atoms with E-state index < -0.39 is 0 Å². The summed E-state index contributed by atoms with van der Waals surface area (Å²) in [6, 6.07) is 8.74. The van der Waals surface area contributed by atoms with E-state index in [0.717, 1.165) is 12.8 Å². The number of anilines is 1. The number of hydrogen-bond donors (Lipinski definition) is 3. The van der Waals surface area contributed by atoms with E-state index in [1.807, 2.05) is 0 Å². The molecule has 1 heterocycles. The van der Waals surface area contributed by atoms with Crippen LogP contribution in [0.1, 0.15) is 52.2 Å². The number of carbonyl (C=O) groups excluding carboxylic acids is 2. The molecule has 6 nitrogen and oxygen atoms in total. The molecule has 0 atom stereocenters. The Morgan fingerprint density at radius 1 is 1.08 bits per heavy atom. The van der Waals surface area contributed by atoms with Gasteiger partial charge in [-0.3, -0.25) is 9.59 Å². The smallest absolute Gasteiger partial charge is 0.258 e. The number of benzene rings is 1. The lowest BCUT2D eigenvalue weighted by Crippen LogP contribution is -2.32. The average Bonchev–Trinajstić information content (AvgIpc) is 3.26. The predicted octanol–water partition coefficient (Wildman–Crippen LogP) is 2.66. The van der Waals surface area contributed by atoms with Crippen LogP contribution in [0.3, 0.4) is 0 Å². The van der Waals surface area contributed by atoms with Crippen LogP contribution in [0.25, 0.3) is 0 Å². The molecule has 126 valence electrons. The fourth-order valence-corrected chi connectivity index (χ4v) is 2.85. The second-order valence-electron chi connectivity index (χ2n) is 5.99. The summed E-state index contributed by atoms with van der Waals surface area (Å²) in [7, 11) is 0. The van der Waals surface area contributed by atoms with Crippen LogP contribution in [0.15, 0.2) is 41.0 Å². The fourth-order valence-electron chi connectivity index (χ4n) is 2.85. The number of carbonyl (C=O) groups is 2. The number of rotatable bonds is 5. The molecule has 24 heavy (non-hydrogen) atoms. The number of furan rings is 1. The molecule has 1 aromatic heterocycles. The van der Waals surface area contributed by atoms with Gasteiger partial charge in [0, 0.05) is 17.3 Å². The molecule has 3 rings (SSSR count). The molecule has 0 saturated heterocycles. The molecule has 2 aromatic rings. The second kappa shape index (κ2) is 7.31. The number of nitrogens with one attached hydrogen (secondary N) is 2. The first-order valence-electron chi connectivity index (χ1n) is 8.15. The van der Waals surface area contributed by atoms with E-state index in [-0.39, 0.29) is 24.4 Å². The molecule has 1 aliphatic rings. The number of hydrogen-bond acceptors (Lipinski definition) is 4. The highest BCUT2D eigenvalue weighted by molar-refractivity contribution is 6.04. The first-order valence-corrected chi connectivity index (χ1v) is 8.15. The van der Waals surface area contributed by atoms with Gasteiger partial charge in [-0.2, -0.15) is 0 Å². The second-order valence-corrected chi connectivity index (χ2v) is 5.99. The third-order valence-corrected chi connectivity index (χ3v) is 4.21. The summed E-state index contributed by atoms with van der Waals surface area (Å²) in [6.45, 7) is 0.248. The maximum atomic E-state index is 12.2. The first-order chi connectivity index (χ1) is 11.7. The first kappa shape index (κ1) is 16.3. The molecule has 4 N–H and O–H groups in total. The summed E-state index contributed by atoms with van der Waals surface area (Å²) < 4.78 is 5.15. The number of nitrogens with two attached hydrogens (primary N) is 1. The zero-order chi connectivity index (χ0) is 16.9. The summed E-state index contributed by atoms with van der Waals surface area (Å²) in [4.78, 5) is 24.3. The van der Waals surface area contributed by atoms with Crippen molar-refractivity contribution in [2.24, 2.45) is 5.73 Å². The molecule has 0 spiro atoms. The van der Waals surface area contributed by atoms with Crippen molar-refractivity contribution in [2.75, 3.05) is 5.32 Å². The minimum absolute atomic E-state index is 0.0674. The largest absolute Gasteiger partial charge is 0.467 e. The lowest BCUT2D eigenvalue weighted by atomic mass is 10.1. The molecular formula is C18H21N3O3. The molecule has 6 heteroatoms. The number of amides is 2. The van der Waals surface area contributed by atoms with Crippen molar-refractivity contribution in [1.29, 1.82) is 0 Å². The predicted molar refractivity (Wildman–Crippen MR) is 90.7 cm³/mol. The maximum Gasteiger partial charge on any atom is 0.258 e. The van der Waals surface area contributed by atoms with Crippen molar-refractivity contribution < 1.29 is 14.0 Å². The summed E-state index contributed by atoms with van der Waals surface area (Å²) in [5, 5.41) is 5.80. The molecular weight excluding hydrogens is 306 g/mol. The lowest BCUT2D eigenvalue weighted by molar-refractivity contribution is 0.0937. The van der Waals surface area contributed by atoms with Crippen LogP contribution in [-0.2, 0) is 6.54 Å². The highest BCUT2D eigenvalue weighted by Gasteiger charge is 2.18. The summed E-state index contributed by atoms with van der Waals surface area (Å²) in [5.74, 6) is 0.211. The topological polar surface area (TPSA) is 97.4 Å². The Hall–Kier alpha value is -2.60. The van der Waals surface area contributed by atoms with Crippen LogP contribution >= 0.6 is 0 Å². The minimum Gasteiger partial charge on any atom is -0.467 e. The third-order valence-electron chi connectivity index (χ3n) is 4.21. The SMILES string of the molecule is NCc1cc(C(=O)Nc2ccc(C(=O)NC3CCCC3)cc2)co1. The summed E-state index contributed by atoms with van der Waals surface area (Å²) in [5.41, 5.74) is 7.08. The van der Waals surface area contributed by atoms with E-state index in [1.165, 1.54) is 19.1 Å². The fraction of sp³-hybridized carbons (Fsp3) is 0.333. The van der Waals surface area contributed by atoms with Gasteiger partial charge in [0.1, 0.15) is 12.0 Å². The average molecular weight is 327 g/mol. The van der Waals surface area contributed by atoms with Crippen LogP contribution in [0.2, 0.25) is 0 Å². The van der Waals surface area contributed by atoms with Crippen LogP contribution in [-0.4, -0.2) is 17.9 Å². The van der Waals surface area contributed by atoms with Gasteiger partial charge in [0.25, 0.3) is 11.8 Å². The summed E-state index contributed by atoms with van der Waals surface area (Å²) in [6.07, 6.45) is 5.83. The lowest BCUT2D eigenvalue weighted by Gasteiger charge is -2.12. The molecule has 1 fully saturated rings. The van der Waals surface area contributed by atoms with Crippen LogP contribution < -0.4 is 16.4 Å². The van der Waals surface area contributed by atoms with E-state index in [0.29, 0.717) is 22.6 Å². The molecule has 0 bridgehead atoms. The van der Waals surface area contributed by atoms with Crippen molar-refractivity contribution in [1.82, 2.24) is 5.32 Å². The van der Waals surface area contributed by atoms with Crippen LogP contribution in [0.4, 0.5) is 5.69 Å². The van der Waals surface area contributed by atoms with Gasteiger partial charge in [-0.25, -0.2) is 0 Å². The molecule has 0 radical (unpaired) electrons. The molecule has 1 aliphatic carbocycles. The Balaban J connectivity index is 1.59. The van der Waals surface area contributed by atoms with Crippen molar-refractivity contribution >= 4 is 17.5 Å².